The molecule has 3 aromatic rings. The van der Waals surface area contributed by atoms with E-state index < -0.39 is 5.82 Å². The molecule has 2 aromatic heterocycles. The Hall–Kier alpha value is -3.00. The predicted molar refractivity (Wildman–Crippen MR) is 107 cm³/mol. The van der Waals surface area contributed by atoms with Crippen molar-refractivity contribution in [1.82, 2.24) is 24.9 Å². The molecule has 4 unspecified atom stereocenters. The molecule has 0 radical (unpaired) electrons. The van der Waals surface area contributed by atoms with Crippen molar-refractivity contribution in [3.05, 3.63) is 65.3 Å². The van der Waals surface area contributed by atoms with Crippen LogP contribution in [0.3, 0.4) is 0 Å². The lowest BCUT2D eigenvalue weighted by Crippen LogP contribution is -2.51. The first-order chi connectivity index (χ1) is 14.5. The Labute approximate surface area is 177 Å². The van der Waals surface area contributed by atoms with Gasteiger partial charge >= 0.3 is 0 Å². The standard InChI is InChI=1S/C21H19ClFN5O2/c1-12-13-9-17(18(10-13)30-19-6-5-14(22)11-24-19)27(12)21(29)15-3-2-4-16(23)20(15)28-25-7-8-26-28/h2-8,11-13,17-18H,9-10H2,1H3. The van der Waals surface area contributed by atoms with Crippen molar-refractivity contribution in [2.24, 2.45) is 5.92 Å². The van der Waals surface area contributed by atoms with Gasteiger partial charge in [-0.05, 0) is 43.9 Å². The summed E-state index contributed by atoms with van der Waals surface area (Å²) in [6.07, 6.45) is 5.94. The Balaban J connectivity index is 1.45. The highest BCUT2D eigenvalue weighted by Crippen LogP contribution is 2.44. The Morgan fingerprint density at radius 3 is 2.70 bits per heavy atom. The summed E-state index contributed by atoms with van der Waals surface area (Å²) >= 11 is 5.90. The minimum Gasteiger partial charge on any atom is -0.472 e. The van der Waals surface area contributed by atoms with Crippen LogP contribution >= 0.6 is 11.6 Å². The lowest BCUT2D eigenvalue weighted by atomic mass is 9.98. The summed E-state index contributed by atoms with van der Waals surface area (Å²) in [7, 11) is 0. The summed E-state index contributed by atoms with van der Waals surface area (Å²) in [4.78, 5) is 20.7. The second-order valence-electron chi connectivity index (χ2n) is 7.68. The van der Waals surface area contributed by atoms with Crippen molar-refractivity contribution in [3.8, 4) is 11.6 Å². The summed E-state index contributed by atoms with van der Waals surface area (Å²) in [6, 6.07) is 7.79. The number of benzene rings is 1. The van der Waals surface area contributed by atoms with Crippen LogP contribution in [-0.4, -0.2) is 49.0 Å². The van der Waals surface area contributed by atoms with E-state index in [0.29, 0.717) is 16.8 Å². The van der Waals surface area contributed by atoms with Gasteiger partial charge in [0.05, 0.1) is 29.0 Å². The average Bonchev–Trinajstić information content (AvgIpc) is 3.46. The number of halogens is 2. The SMILES string of the molecule is CC1C2CC(Oc3ccc(Cl)cn3)C(C2)N1C(=O)c1cccc(F)c1-n1nccn1. The Kier molecular flexibility index (Phi) is 4.66. The molecule has 2 bridgehead atoms. The first-order valence-corrected chi connectivity index (χ1v) is 10.2. The Morgan fingerprint density at radius 2 is 2.00 bits per heavy atom. The molecule has 5 rings (SSSR count). The van der Waals surface area contributed by atoms with E-state index in [1.54, 1.807) is 18.2 Å². The van der Waals surface area contributed by atoms with Crippen LogP contribution < -0.4 is 4.74 Å². The first-order valence-electron chi connectivity index (χ1n) is 9.79. The van der Waals surface area contributed by atoms with Crippen molar-refractivity contribution >= 4 is 17.5 Å². The zero-order chi connectivity index (χ0) is 20.8. The van der Waals surface area contributed by atoms with E-state index in [9.17, 15) is 9.18 Å². The van der Waals surface area contributed by atoms with E-state index >= 15 is 0 Å². The third-order valence-corrected chi connectivity index (χ3v) is 6.25. The second-order valence-corrected chi connectivity index (χ2v) is 8.11. The molecule has 154 valence electrons. The van der Waals surface area contributed by atoms with Gasteiger partial charge in [-0.3, -0.25) is 4.79 Å². The zero-order valence-corrected chi connectivity index (χ0v) is 16.9. The number of fused-ring (bicyclic) bond motifs is 2. The molecule has 4 atom stereocenters. The van der Waals surface area contributed by atoms with E-state index in [1.165, 1.54) is 30.7 Å². The number of ether oxygens (including phenoxy) is 1. The first kappa shape index (κ1) is 19.0. The Morgan fingerprint density at radius 1 is 1.20 bits per heavy atom. The quantitative estimate of drug-likeness (QED) is 0.637. The van der Waals surface area contributed by atoms with Gasteiger partial charge in [-0.25, -0.2) is 9.37 Å². The van der Waals surface area contributed by atoms with E-state index in [4.69, 9.17) is 16.3 Å². The van der Waals surface area contributed by atoms with Crippen LogP contribution in [-0.2, 0) is 0 Å². The average molecular weight is 428 g/mol. The summed E-state index contributed by atoms with van der Waals surface area (Å²) in [6.45, 7) is 2.03. The molecule has 30 heavy (non-hydrogen) atoms. The van der Waals surface area contributed by atoms with Gasteiger partial charge in [-0.1, -0.05) is 17.7 Å². The smallest absolute Gasteiger partial charge is 0.256 e. The summed E-state index contributed by atoms with van der Waals surface area (Å²) in [5, 5.41) is 8.56. The number of carbonyl (C=O) groups is 1. The number of carbonyl (C=O) groups excluding carboxylic acids is 1. The number of piperidine rings is 1. The highest BCUT2D eigenvalue weighted by molar-refractivity contribution is 6.30. The molecule has 1 saturated carbocycles. The number of hydrogen-bond acceptors (Lipinski definition) is 5. The molecule has 0 N–H and O–H groups in total. The molecule has 7 nitrogen and oxygen atoms in total. The summed E-state index contributed by atoms with van der Waals surface area (Å²) in [5.41, 5.74) is 0.285. The maximum absolute atomic E-state index is 14.6. The van der Waals surface area contributed by atoms with Crippen LogP contribution in [0, 0.1) is 11.7 Å². The van der Waals surface area contributed by atoms with E-state index in [-0.39, 0.29) is 35.3 Å². The van der Waals surface area contributed by atoms with Crippen molar-refractivity contribution in [1.29, 1.82) is 0 Å². The highest BCUT2D eigenvalue weighted by Gasteiger charge is 2.53. The monoisotopic (exact) mass is 427 g/mol. The molecular weight excluding hydrogens is 409 g/mol. The number of likely N-dealkylation sites (tertiary alicyclic amines) is 1. The maximum Gasteiger partial charge on any atom is 0.256 e. The molecule has 1 aromatic carbocycles. The number of hydrogen-bond donors (Lipinski definition) is 0. The third-order valence-electron chi connectivity index (χ3n) is 6.03. The second kappa shape index (κ2) is 7.36. The molecule has 3 heterocycles. The van der Waals surface area contributed by atoms with Crippen LogP contribution in [0.2, 0.25) is 5.02 Å². The molecule has 2 aliphatic rings. The highest BCUT2D eigenvalue weighted by atomic mass is 35.5. The van der Waals surface area contributed by atoms with Crippen LogP contribution in [0.25, 0.3) is 5.69 Å². The zero-order valence-electron chi connectivity index (χ0n) is 16.2. The van der Waals surface area contributed by atoms with E-state index in [2.05, 4.69) is 15.2 Å². The van der Waals surface area contributed by atoms with Crippen molar-refractivity contribution < 1.29 is 13.9 Å². The lowest BCUT2D eigenvalue weighted by molar-refractivity contribution is 0.0313. The maximum atomic E-state index is 14.6. The van der Waals surface area contributed by atoms with Crippen molar-refractivity contribution in [2.75, 3.05) is 0 Å². The summed E-state index contributed by atoms with van der Waals surface area (Å²) < 4.78 is 20.7. The fraction of sp³-hybridized carbons (Fsp3) is 0.333. The molecule has 9 heteroatoms. The molecule has 1 aliphatic carbocycles. The number of aromatic nitrogens is 4. The molecule has 2 fully saturated rings. The minimum absolute atomic E-state index is 0.0298. The number of nitrogens with zero attached hydrogens (tertiary/aromatic N) is 5. The van der Waals surface area contributed by atoms with Gasteiger partial charge in [0.2, 0.25) is 5.88 Å². The molecule has 1 aliphatic heterocycles. The van der Waals surface area contributed by atoms with Gasteiger partial charge in [0.1, 0.15) is 11.8 Å². The van der Waals surface area contributed by atoms with Crippen LogP contribution in [0.4, 0.5) is 4.39 Å². The largest absolute Gasteiger partial charge is 0.472 e. The minimum atomic E-state index is -0.549. The Bertz CT molecular complexity index is 1080. The lowest BCUT2D eigenvalue weighted by Gasteiger charge is -2.38. The van der Waals surface area contributed by atoms with E-state index in [0.717, 1.165) is 17.6 Å². The predicted octanol–water partition coefficient (Wildman–Crippen LogP) is 3.53. The fourth-order valence-electron chi connectivity index (χ4n) is 4.64. The number of amides is 1. The number of rotatable bonds is 4. The summed E-state index contributed by atoms with van der Waals surface area (Å²) in [5.74, 6) is -0.00772. The van der Waals surface area contributed by atoms with Gasteiger partial charge in [-0.15, -0.1) is 4.80 Å². The van der Waals surface area contributed by atoms with Gasteiger partial charge in [-0.2, -0.15) is 10.2 Å². The van der Waals surface area contributed by atoms with Gasteiger partial charge in [0.25, 0.3) is 5.91 Å². The molecular formula is C21H19ClFN5O2. The fourth-order valence-corrected chi connectivity index (χ4v) is 4.75. The van der Waals surface area contributed by atoms with Gasteiger partial charge in [0.15, 0.2) is 5.82 Å². The van der Waals surface area contributed by atoms with Gasteiger partial charge in [0, 0.05) is 18.3 Å². The normalized spacial score (nSPS) is 25.0. The van der Waals surface area contributed by atoms with Gasteiger partial charge < -0.3 is 9.64 Å². The molecule has 1 saturated heterocycles. The topological polar surface area (TPSA) is 73.1 Å². The van der Waals surface area contributed by atoms with Crippen molar-refractivity contribution in [3.63, 3.8) is 0 Å². The van der Waals surface area contributed by atoms with Crippen LogP contribution in [0.5, 0.6) is 5.88 Å². The van der Waals surface area contributed by atoms with Crippen LogP contribution in [0.1, 0.15) is 30.1 Å². The number of para-hydroxylation sites is 1. The molecule has 1 amide bonds. The number of pyridine rings is 1. The third kappa shape index (κ3) is 3.11. The van der Waals surface area contributed by atoms with E-state index in [1.807, 2.05) is 11.8 Å². The van der Waals surface area contributed by atoms with Crippen LogP contribution in [0.15, 0.2) is 48.9 Å². The van der Waals surface area contributed by atoms with Crippen molar-refractivity contribution in [2.45, 2.75) is 38.0 Å². The molecule has 0 spiro atoms.